The van der Waals surface area contributed by atoms with E-state index in [-0.39, 0.29) is 5.91 Å². The number of nitrogens with zero attached hydrogens (tertiary/aromatic N) is 2. The molecule has 1 aliphatic heterocycles. The highest BCUT2D eigenvalue weighted by atomic mass is 16.1. The van der Waals surface area contributed by atoms with Crippen LogP contribution < -0.4 is 10.6 Å². The molecule has 0 saturated carbocycles. The minimum Gasteiger partial charge on any atom is -0.266 e. The molecule has 3 heteroatoms. The third-order valence-corrected chi connectivity index (χ3v) is 2.28. The number of amides is 1. The van der Waals surface area contributed by atoms with Crippen molar-refractivity contribution in [2.45, 2.75) is 0 Å². The fourth-order valence-electron chi connectivity index (χ4n) is 1.62. The lowest BCUT2D eigenvalue weighted by molar-refractivity contribution is -0.111. The number of hydrogen-bond donors (Lipinski definition) is 0. The Kier molecular flexibility index (Phi) is 1.31. The van der Waals surface area contributed by atoms with E-state index in [1.807, 2.05) is 30.4 Å². The first-order chi connectivity index (χ1) is 6.83. The predicted octanol–water partition coefficient (Wildman–Crippen LogP) is 0.356. The zero-order chi connectivity index (χ0) is 9.54. The molecular formula is C11H6N2O. The first kappa shape index (κ1) is 7.38. The van der Waals surface area contributed by atoms with Crippen LogP contribution in [0.15, 0.2) is 28.2 Å². The molecule has 0 bridgehead atoms. The van der Waals surface area contributed by atoms with Gasteiger partial charge in [0.05, 0.1) is 17.3 Å². The summed E-state index contributed by atoms with van der Waals surface area (Å²) in [5, 5.41) is 1.79. The Balaban J connectivity index is 2.42. The lowest BCUT2D eigenvalue weighted by atomic mass is 10.1. The Hall–Kier alpha value is -2.03. The van der Waals surface area contributed by atoms with Gasteiger partial charge in [-0.1, -0.05) is 18.2 Å². The fourth-order valence-corrected chi connectivity index (χ4v) is 1.62. The van der Waals surface area contributed by atoms with E-state index in [0.717, 1.165) is 16.5 Å². The van der Waals surface area contributed by atoms with Gasteiger partial charge in [-0.25, -0.2) is 9.98 Å². The van der Waals surface area contributed by atoms with Crippen molar-refractivity contribution in [3.63, 3.8) is 0 Å². The van der Waals surface area contributed by atoms with Crippen LogP contribution in [0, 0.1) is 0 Å². The Morgan fingerprint density at radius 1 is 1.21 bits per heavy atom. The van der Waals surface area contributed by atoms with Crippen LogP contribution in [0.2, 0.25) is 0 Å². The van der Waals surface area contributed by atoms with E-state index in [1.54, 1.807) is 0 Å². The maximum absolute atomic E-state index is 11.0. The highest BCUT2D eigenvalue weighted by molar-refractivity contribution is 6.27. The molecule has 0 aromatic heterocycles. The second-order valence-electron chi connectivity index (χ2n) is 3.20. The third kappa shape index (κ3) is 0.956. The summed E-state index contributed by atoms with van der Waals surface area (Å²) >= 11 is 0. The van der Waals surface area contributed by atoms with E-state index in [4.69, 9.17) is 0 Å². The smallest absolute Gasteiger partial charge is 0.266 e. The number of fused-ring (bicyclic) bond motifs is 2. The largest absolute Gasteiger partial charge is 0.288 e. The van der Waals surface area contributed by atoms with Crippen molar-refractivity contribution >= 4 is 30.0 Å². The van der Waals surface area contributed by atoms with E-state index < -0.39 is 0 Å². The number of carbonyl (C=O) groups excluding carboxylic acids is 1. The molecule has 0 fully saturated rings. The summed E-state index contributed by atoms with van der Waals surface area (Å²) in [5.74, 6) is -0.289. The van der Waals surface area contributed by atoms with Gasteiger partial charge in [-0.3, -0.25) is 4.79 Å². The number of rotatable bonds is 0. The Morgan fingerprint density at radius 2 is 2.14 bits per heavy atom. The Labute approximate surface area is 79.8 Å². The average molecular weight is 182 g/mol. The number of allylic oxidation sites excluding steroid dienone is 1. The van der Waals surface area contributed by atoms with Gasteiger partial charge in [0.15, 0.2) is 0 Å². The molecule has 0 spiro atoms. The number of hydrogen-bond acceptors (Lipinski definition) is 2. The molecule has 1 aromatic carbocycles. The maximum atomic E-state index is 11.0. The van der Waals surface area contributed by atoms with E-state index in [9.17, 15) is 4.79 Å². The summed E-state index contributed by atoms with van der Waals surface area (Å²) in [6.45, 7) is 0. The molecule has 1 aliphatic carbocycles. The minimum atomic E-state index is -0.289. The topological polar surface area (TPSA) is 41.8 Å². The molecule has 66 valence electrons. The molecule has 0 radical (unpaired) electrons. The first-order valence-electron chi connectivity index (χ1n) is 4.32. The predicted molar refractivity (Wildman–Crippen MR) is 53.9 cm³/mol. The molecule has 1 aromatic rings. The molecule has 3 nitrogen and oxygen atoms in total. The molecule has 14 heavy (non-hydrogen) atoms. The van der Waals surface area contributed by atoms with E-state index >= 15 is 0 Å². The lowest BCUT2D eigenvalue weighted by Gasteiger charge is -2.00. The van der Waals surface area contributed by atoms with Gasteiger partial charge in [0.25, 0.3) is 5.91 Å². The van der Waals surface area contributed by atoms with Crippen LogP contribution in [0.3, 0.4) is 0 Å². The van der Waals surface area contributed by atoms with Gasteiger partial charge in [0.2, 0.25) is 0 Å². The van der Waals surface area contributed by atoms with Gasteiger partial charge >= 0.3 is 0 Å². The van der Waals surface area contributed by atoms with E-state index in [0.29, 0.717) is 5.36 Å². The highest BCUT2D eigenvalue weighted by Crippen LogP contribution is 2.08. The molecule has 2 aliphatic rings. The summed E-state index contributed by atoms with van der Waals surface area (Å²) < 4.78 is 0. The number of aliphatic imine (C=N–C) groups is 1. The summed E-state index contributed by atoms with van der Waals surface area (Å²) in [4.78, 5) is 18.9. The van der Waals surface area contributed by atoms with Gasteiger partial charge < -0.3 is 0 Å². The van der Waals surface area contributed by atoms with Crippen molar-refractivity contribution in [3.8, 4) is 0 Å². The van der Waals surface area contributed by atoms with Crippen molar-refractivity contribution in [2.75, 3.05) is 0 Å². The second-order valence-corrected chi connectivity index (χ2v) is 3.20. The van der Waals surface area contributed by atoms with Crippen LogP contribution in [-0.4, -0.2) is 12.1 Å². The van der Waals surface area contributed by atoms with Crippen LogP contribution in [0.5, 0.6) is 0 Å². The molecule has 0 atom stereocenters. The Morgan fingerprint density at radius 3 is 3.07 bits per heavy atom. The highest BCUT2D eigenvalue weighted by Gasteiger charge is 2.06. The summed E-state index contributed by atoms with van der Waals surface area (Å²) in [6, 6.07) is 3.83. The molecule has 1 heterocycles. The third-order valence-electron chi connectivity index (χ3n) is 2.28. The minimum absolute atomic E-state index is 0.289. The maximum Gasteiger partial charge on any atom is 0.288 e. The SMILES string of the molecule is O=C1C=Nc2cc3c(cc2=N1)C=CC=3. The molecule has 1 amide bonds. The van der Waals surface area contributed by atoms with Gasteiger partial charge in [-0.15, -0.1) is 0 Å². The van der Waals surface area contributed by atoms with Crippen molar-refractivity contribution < 1.29 is 4.79 Å². The van der Waals surface area contributed by atoms with Crippen molar-refractivity contribution in [1.82, 2.24) is 0 Å². The van der Waals surface area contributed by atoms with Crippen molar-refractivity contribution in [1.29, 1.82) is 0 Å². The monoisotopic (exact) mass is 182 g/mol. The van der Waals surface area contributed by atoms with Crippen LogP contribution >= 0.6 is 0 Å². The van der Waals surface area contributed by atoms with Crippen molar-refractivity contribution in [2.24, 2.45) is 9.98 Å². The zero-order valence-electron chi connectivity index (χ0n) is 7.27. The van der Waals surface area contributed by atoms with Crippen LogP contribution in [0.4, 0.5) is 5.69 Å². The van der Waals surface area contributed by atoms with E-state index in [2.05, 4.69) is 9.98 Å². The van der Waals surface area contributed by atoms with Gasteiger partial charge in [-0.05, 0) is 22.9 Å². The molecule has 0 N–H and O–H groups in total. The molecule has 0 saturated heterocycles. The normalized spacial score (nSPS) is 15.9. The quantitative estimate of drug-likeness (QED) is 0.571. The van der Waals surface area contributed by atoms with Gasteiger partial charge in [-0.2, -0.15) is 0 Å². The van der Waals surface area contributed by atoms with Gasteiger partial charge in [0, 0.05) is 0 Å². The van der Waals surface area contributed by atoms with Crippen molar-refractivity contribution in [3.05, 3.63) is 34.3 Å². The molecule has 3 rings (SSSR count). The summed E-state index contributed by atoms with van der Waals surface area (Å²) in [5.41, 5.74) is 1.86. The number of carbonyl (C=O) groups is 1. The molecular weight excluding hydrogens is 176 g/mol. The zero-order valence-corrected chi connectivity index (χ0v) is 7.27. The van der Waals surface area contributed by atoms with Crippen LogP contribution in [-0.2, 0) is 4.79 Å². The van der Waals surface area contributed by atoms with Crippen LogP contribution in [0.1, 0.15) is 5.56 Å². The fraction of sp³-hybridized carbons (Fsp3) is 0. The summed E-state index contributed by atoms with van der Waals surface area (Å²) in [6.07, 6.45) is 7.23. The number of benzene rings is 1. The second kappa shape index (κ2) is 2.48. The Bertz CT molecular complexity index is 609. The lowest BCUT2D eigenvalue weighted by Crippen LogP contribution is -2.17. The van der Waals surface area contributed by atoms with E-state index in [1.165, 1.54) is 6.21 Å². The van der Waals surface area contributed by atoms with Crippen LogP contribution in [0.25, 0.3) is 12.2 Å². The average Bonchev–Trinajstić information content (AvgIpc) is 2.61. The first-order valence-corrected chi connectivity index (χ1v) is 4.32. The molecule has 0 unspecified atom stereocenters. The summed E-state index contributed by atoms with van der Waals surface area (Å²) in [7, 11) is 0. The standard InChI is InChI=1S/C11H6N2O/c14-11-6-12-9-4-7-2-1-3-8(7)5-10(9)13-11/h1-6H. The van der Waals surface area contributed by atoms with Gasteiger partial charge in [0.1, 0.15) is 0 Å².